The Labute approximate surface area is 141 Å². The predicted molar refractivity (Wildman–Crippen MR) is 78.4 cm³/mol. The number of rotatable bonds is 5. The Morgan fingerprint density at radius 2 is 2.00 bits per heavy atom. The molecule has 0 radical (unpaired) electrons. The Kier molecular flexibility index (Phi) is 3.77. The van der Waals surface area contributed by atoms with Crippen molar-refractivity contribution in [3.05, 3.63) is 47.2 Å². The number of benzene rings is 1. The highest BCUT2D eigenvalue weighted by molar-refractivity contribution is 5.77. The van der Waals surface area contributed by atoms with Crippen LogP contribution in [0.1, 0.15) is 54.0 Å². The molecule has 1 heterocycles. The highest BCUT2D eigenvalue weighted by Gasteiger charge is 2.48. The molecular formula is C17H15F3N2O3. The van der Waals surface area contributed by atoms with Gasteiger partial charge in [-0.2, -0.15) is 13.2 Å². The van der Waals surface area contributed by atoms with Crippen LogP contribution in [0.15, 0.2) is 28.7 Å². The van der Waals surface area contributed by atoms with Crippen LogP contribution in [-0.2, 0) is 22.3 Å². The highest BCUT2D eigenvalue weighted by Crippen LogP contribution is 2.51. The summed E-state index contributed by atoms with van der Waals surface area (Å²) in [5, 5.41) is 7.69. The smallest absolute Gasteiger partial charge is 0.416 e. The standard InChI is InChI=1S/C17H15F3N2O3/c18-17(19,20)13-4-2-1-3-10(13)11-7-12(11)16(23)24-8-14-21-22-15(25-14)9-5-6-9/h1-4,9,11-12H,5-8H2. The highest BCUT2D eigenvalue weighted by atomic mass is 19.4. The number of carbonyl (C=O) groups is 1. The first-order valence-corrected chi connectivity index (χ1v) is 8.08. The first-order chi connectivity index (χ1) is 11.9. The third kappa shape index (κ3) is 3.38. The van der Waals surface area contributed by atoms with Crippen molar-refractivity contribution in [2.75, 3.05) is 0 Å². The maximum absolute atomic E-state index is 13.1. The zero-order chi connectivity index (χ0) is 17.6. The maximum atomic E-state index is 13.1. The molecule has 8 heteroatoms. The molecule has 2 aromatic rings. The Morgan fingerprint density at radius 3 is 2.72 bits per heavy atom. The molecule has 0 bridgehead atoms. The topological polar surface area (TPSA) is 65.2 Å². The van der Waals surface area contributed by atoms with Crippen molar-refractivity contribution in [1.82, 2.24) is 10.2 Å². The molecule has 2 aliphatic rings. The largest absolute Gasteiger partial charge is 0.455 e. The minimum atomic E-state index is -4.43. The molecule has 1 aromatic carbocycles. The van der Waals surface area contributed by atoms with E-state index in [4.69, 9.17) is 9.15 Å². The molecule has 1 aromatic heterocycles. The molecule has 0 N–H and O–H groups in total. The number of hydrogen-bond acceptors (Lipinski definition) is 5. The van der Waals surface area contributed by atoms with Gasteiger partial charge in [0.05, 0.1) is 11.5 Å². The van der Waals surface area contributed by atoms with Crippen LogP contribution in [0.3, 0.4) is 0 Å². The van der Waals surface area contributed by atoms with Crippen molar-refractivity contribution < 1.29 is 27.1 Å². The number of aromatic nitrogens is 2. The zero-order valence-corrected chi connectivity index (χ0v) is 13.1. The maximum Gasteiger partial charge on any atom is 0.416 e. The summed E-state index contributed by atoms with van der Waals surface area (Å²) in [6.45, 7) is -0.150. The van der Waals surface area contributed by atoms with Crippen molar-refractivity contribution in [2.45, 2.75) is 43.9 Å². The predicted octanol–water partition coefficient (Wildman–Crippen LogP) is 3.81. The lowest BCUT2D eigenvalue weighted by Crippen LogP contribution is -2.11. The van der Waals surface area contributed by atoms with E-state index < -0.39 is 29.5 Å². The van der Waals surface area contributed by atoms with Gasteiger partial charge in [-0.1, -0.05) is 18.2 Å². The minimum Gasteiger partial charge on any atom is -0.455 e. The molecular weight excluding hydrogens is 337 g/mol. The number of ether oxygens (including phenoxy) is 1. The first-order valence-electron chi connectivity index (χ1n) is 8.08. The van der Waals surface area contributed by atoms with E-state index in [1.54, 1.807) is 6.07 Å². The molecule has 25 heavy (non-hydrogen) atoms. The van der Waals surface area contributed by atoms with Gasteiger partial charge in [0, 0.05) is 5.92 Å². The van der Waals surface area contributed by atoms with Crippen LogP contribution in [0.5, 0.6) is 0 Å². The molecule has 0 saturated heterocycles. The Bertz CT molecular complexity index is 798. The van der Waals surface area contributed by atoms with Gasteiger partial charge in [0.2, 0.25) is 5.89 Å². The number of nitrogens with zero attached hydrogens (tertiary/aromatic N) is 2. The fourth-order valence-electron chi connectivity index (χ4n) is 2.94. The van der Waals surface area contributed by atoms with E-state index in [0.717, 1.165) is 18.9 Å². The third-order valence-corrected chi connectivity index (χ3v) is 4.51. The SMILES string of the molecule is O=C(OCc1nnc(C2CC2)o1)C1CC1c1ccccc1C(F)(F)F. The molecule has 0 aliphatic heterocycles. The fraction of sp³-hybridized carbons (Fsp3) is 0.471. The van der Waals surface area contributed by atoms with Gasteiger partial charge in [0.15, 0.2) is 6.61 Å². The van der Waals surface area contributed by atoms with Crippen molar-refractivity contribution in [3.63, 3.8) is 0 Å². The Hall–Kier alpha value is -2.38. The number of hydrogen-bond donors (Lipinski definition) is 0. The number of halogens is 3. The van der Waals surface area contributed by atoms with E-state index in [-0.39, 0.29) is 18.1 Å². The van der Waals surface area contributed by atoms with E-state index in [9.17, 15) is 18.0 Å². The monoisotopic (exact) mass is 352 g/mol. The summed E-state index contributed by atoms with van der Waals surface area (Å²) in [4.78, 5) is 12.1. The second-order valence-corrected chi connectivity index (χ2v) is 6.45. The molecule has 0 spiro atoms. The van der Waals surface area contributed by atoms with E-state index >= 15 is 0 Å². The summed E-state index contributed by atoms with van der Waals surface area (Å²) < 4.78 is 49.7. The van der Waals surface area contributed by atoms with E-state index in [1.807, 2.05) is 0 Å². The molecule has 0 amide bonds. The van der Waals surface area contributed by atoms with E-state index in [2.05, 4.69) is 10.2 Å². The zero-order valence-electron chi connectivity index (χ0n) is 13.1. The van der Waals surface area contributed by atoms with Gasteiger partial charge in [-0.3, -0.25) is 4.79 Å². The molecule has 2 saturated carbocycles. The van der Waals surface area contributed by atoms with Gasteiger partial charge in [0.25, 0.3) is 5.89 Å². The van der Waals surface area contributed by atoms with Gasteiger partial charge in [-0.25, -0.2) is 0 Å². The molecule has 2 unspecified atom stereocenters. The minimum absolute atomic E-state index is 0.144. The lowest BCUT2D eigenvalue weighted by molar-refractivity contribution is -0.147. The summed E-state index contributed by atoms with van der Waals surface area (Å²) in [5.41, 5.74) is -0.549. The van der Waals surface area contributed by atoms with Gasteiger partial charge >= 0.3 is 12.1 Å². The van der Waals surface area contributed by atoms with Gasteiger partial charge in [-0.05, 0) is 36.8 Å². The quantitative estimate of drug-likeness (QED) is 0.766. The van der Waals surface area contributed by atoms with Crippen LogP contribution < -0.4 is 0 Å². The number of alkyl halides is 3. The molecule has 2 atom stereocenters. The average molecular weight is 352 g/mol. The number of carbonyl (C=O) groups excluding carboxylic acids is 1. The second-order valence-electron chi connectivity index (χ2n) is 6.45. The molecule has 4 rings (SSSR count). The third-order valence-electron chi connectivity index (χ3n) is 4.51. The van der Waals surface area contributed by atoms with E-state index in [0.29, 0.717) is 18.2 Å². The molecule has 132 valence electrons. The summed E-state index contributed by atoms with van der Waals surface area (Å²) in [5.74, 6) is -0.487. The Morgan fingerprint density at radius 1 is 1.24 bits per heavy atom. The van der Waals surface area contributed by atoms with E-state index in [1.165, 1.54) is 12.1 Å². The summed E-state index contributed by atoms with van der Waals surface area (Å²) >= 11 is 0. The lowest BCUT2D eigenvalue weighted by Gasteiger charge is -2.12. The first kappa shape index (κ1) is 16.1. The van der Waals surface area contributed by atoms with Crippen LogP contribution in [0.2, 0.25) is 0 Å². The molecule has 2 fully saturated rings. The van der Waals surface area contributed by atoms with Crippen LogP contribution in [-0.4, -0.2) is 16.2 Å². The Balaban J connectivity index is 1.37. The van der Waals surface area contributed by atoms with Crippen molar-refractivity contribution in [1.29, 1.82) is 0 Å². The van der Waals surface area contributed by atoms with Crippen molar-refractivity contribution in [2.24, 2.45) is 5.92 Å². The normalized spacial score (nSPS) is 22.7. The second kappa shape index (κ2) is 5.86. The molecule has 2 aliphatic carbocycles. The summed E-state index contributed by atoms with van der Waals surface area (Å²) in [7, 11) is 0. The number of esters is 1. The van der Waals surface area contributed by atoms with Crippen LogP contribution >= 0.6 is 0 Å². The van der Waals surface area contributed by atoms with Gasteiger partial charge in [-0.15, -0.1) is 10.2 Å². The average Bonchev–Trinajstić information content (AvgIpc) is 3.50. The lowest BCUT2D eigenvalue weighted by atomic mass is 10.0. The van der Waals surface area contributed by atoms with Gasteiger partial charge in [0.1, 0.15) is 0 Å². The molecule has 5 nitrogen and oxygen atoms in total. The van der Waals surface area contributed by atoms with Crippen molar-refractivity contribution >= 4 is 5.97 Å². The fourth-order valence-corrected chi connectivity index (χ4v) is 2.94. The summed E-state index contributed by atoms with van der Waals surface area (Å²) in [6, 6.07) is 5.34. The van der Waals surface area contributed by atoms with Gasteiger partial charge < -0.3 is 9.15 Å². The van der Waals surface area contributed by atoms with Crippen LogP contribution in [0.25, 0.3) is 0 Å². The van der Waals surface area contributed by atoms with Crippen LogP contribution in [0.4, 0.5) is 13.2 Å². The summed E-state index contributed by atoms with van der Waals surface area (Å²) in [6.07, 6.45) is -2.05. The van der Waals surface area contributed by atoms with Crippen LogP contribution in [0, 0.1) is 5.92 Å². The van der Waals surface area contributed by atoms with Crippen molar-refractivity contribution in [3.8, 4) is 0 Å².